The van der Waals surface area contributed by atoms with Crippen LogP contribution in [0.25, 0.3) is 22.0 Å². The van der Waals surface area contributed by atoms with E-state index in [4.69, 9.17) is 14.3 Å². The molecule has 1 aliphatic carbocycles. The van der Waals surface area contributed by atoms with Gasteiger partial charge in [-0.05, 0) is 37.5 Å². The maximum Gasteiger partial charge on any atom is 0.407 e. The Morgan fingerprint density at radius 1 is 1.34 bits per heavy atom. The number of nitrogens with one attached hydrogen (secondary N) is 1. The summed E-state index contributed by atoms with van der Waals surface area (Å²) in [5.41, 5.74) is 2.21. The fraction of sp³-hybridized carbons (Fsp3) is 0.429. The number of rotatable bonds is 4. The van der Waals surface area contributed by atoms with Crippen LogP contribution in [0, 0.1) is 6.92 Å². The molecule has 3 aromatic rings. The number of carbonyl (C=O) groups excluding carboxylic acids is 1. The molecule has 0 bridgehead atoms. The minimum Gasteiger partial charge on any atom is -0.465 e. The summed E-state index contributed by atoms with van der Waals surface area (Å²) in [6.07, 6.45) is -0.104. The lowest BCUT2D eigenvalue weighted by Gasteiger charge is -2.29. The number of aryl methyl sites for hydroxylation is 1. The van der Waals surface area contributed by atoms with E-state index in [2.05, 4.69) is 26.2 Å². The largest absolute Gasteiger partial charge is 0.465 e. The van der Waals surface area contributed by atoms with Gasteiger partial charge in [0.25, 0.3) is 11.5 Å². The second-order valence-corrected chi connectivity index (χ2v) is 8.92. The molecule has 2 aliphatic rings. The quantitative estimate of drug-likeness (QED) is 0.558. The predicted octanol–water partition coefficient (Wildman–Crippen LogP) is 2.54. The molecular formula is C21H21BrN4O6. The van der Waals surface area contributed by atoms with Gasteiger partial charge in [0.15, 0.2) is 17.2 Å². The standard InChI is InChI=1S/C21H21BrN4O6/c1-10-13(22)5-4-12-17(10)26(11-2-3-11)20(28)16-18(12)32-15(24-16)8-23-19(27)14-9-25(21(29)30)6-7-31-14/h4-5,11,14H,2-3,6-9H2,1H3,(H,23,27)(H,29,30). The van der Waals surface area contributed by atoms with Crippen molar-refractivity contribution < 1.29 is 23.8 Å². The zero-order chi connectivity index (χ0) is 22.6. The lowest BCUT2D eigenvalue weighted by Crippen LogP contribution is -2.51. The van der Waals surface area contributed by atoms with Crippen molar-refractivity contribution in [1.29, 1.82) is 0 Å². The number of ether oxygens (including phenoxy) is 1. The average Bonchev–Trinajstić information content (AvgIpc) is 3.52. The van der Waals surface area contributed by atoms with Crippen LogP contribution in [0.5, 0.6) is 0 Å². The van der Waals surface area contributed by atoms with Gasteiger partial charge in [-0.25, -0.2) is 9.78 Å². The Hall–Kier alpha value is -2.92. The van der Waals surface area contributed by atoms with Crippen LogP contribution in [0.2, 0.25) is 0 Å². The van der Waals surface area contributed by atoms with Gasteiger partial charge < -0.3 is 29.0 Å². The highest BCUT2D eigenvalue weighted by Crippen LogP contribution is 2.39. The van der Waals surface area contributed by atoms with Crippen molar-refractivity contribution in [2.75, 3.05) is 19.7 Å². The third-order valence-electron chi connectivity index (χ3n) is 5.90. The second kappa shape index (κ2) is 7.89. The first-order valence-corrected chi connectivity index (χ1v) is 11.1. The highest BCUT2D eigenvalue weighted by molar-refractivity contribution is 9.10. The maximum atomic E-state index is 13.2. The predicted molar refractivity (Wildman–Crippen MR) is 118 cm³/mol. The summed E-state index contributed by atoms with van der Waals surface area (Å²) in [5.74, 6) is -0.259. The van der Waals surface area contributed by atoms with Gasteiger partial charge >= 0.3 is 6.09 Å². The molecule has 1 saturated heterocycles. The minimum absolute atomic E-state index is 0.0414. The number of oxazole rings is 1. The number of carboxylic acid groups (broad SMARTS) is 1. The third-order valence-corrected chi connectivity index (χ3v) is 6.76. The molecule has 3 heterocycles. The average molecular weight is 505 g/mol. The fourth-order valence-electron chi connectivity index (χ4n) is 4.09. The van der Waals surface area contributed by atoms with Crippen LogP contribution in [0.15, 0.2) is 25.8 Å². The number of amides is 2. The minimum atomic E-state index is -1.09. The van der Waals surface area contributed by atoms with Crippen molar-refractivity contribution in [1.82, 2.24) is 19.8 Å². The van der Waals surface area contributed by atoms with E-state index < -0.39 is 18.1 Å². The summed E-state index contributed by atoms with van der Waals surface area (Å²) in [5, 5.41) is 12.6. The Morgan fingerprint density at radius 2 is 2.12 bits per heavy atom. The summed E-state index contributed by atoms with van der Waals surface area (Å²) in [6, 6.07) is 3.97. The molecule has 168 valence electrons. The number of hydrogen-bond acceptors (Lipinski definition) is 6. The van der Waals surface area contributed by atoms with Gasteiger partial charge in [-0.2, -0.15) is 0 Å². The van der Waals surface area contributed by atoms with Crippen LogP contribution in [-0.2, 0) is 16.1 Å². The molecule has 1 aliphatic heterocycles. The van der Waals surface area contributed by atoms with Crippen molar-refractivity contribution in [3.8, 4) is 0 Å². The van der Waals surface area contributed by atoms with Crippen molar-refractivity contribution in [3.05, 3.63) is 38.4 Å². The second-order valence-electron chi connectivity index (χ2n) is 8.07. The summed E-state index contributed by atoms with van der Waals surface area (Å²) < 4.78 is 14.0. The van der Waals surface area contributed by atoms with E-state index in [1.165, 1.54) is 0 Å². The number of hydrogen-bond donors (Lipinski definition) is 2. The van der Waals surface area contributed by atoms with Crippen LogP contribution in [0.4, 0.5) is 4.79 Å². The number of halogens is 1. The van der Waals surface area contributed by atoms with Crippen LogP contribution in [-0.4, -0.2) is 57.4 Å². The summed E-state index contributed by atoms with van der Waals surface area (Å²) >= 11 is 3.54. The van der Waals surface area contributed by atoms with Gasteiger partial charge in [0.1, 0.15) is 0 Å². The summed E-state index contributed by atoms with van der Waals surface area (Å²) in [6.45, 7) is 2.24. The van der Waals surface area contributed by atoms with E-state index in [9.17, 15) is 14.4 Å². The number of pyridine rings is 1. The number of aromatic nitrogens is 2. The number of nitrogens with zero attached hydrogens (tertiary/aromatic N) is 3. The Labute approximate surface area is 190 Å². The zero-order valence-electron chi connectivity index (χ0n) is 17.3. The molecule has 2 N–H and O–H groups in total. The van der Waals surface area contributed by atoms with Gasteiger partial charge in [-0.1, -0.05) is 15.9 Å². The lowest BCUT2D eigenvalue weighted by molar-refractivity contribution is -0.137. The van der Waals surface area contributed by atoms with Crippen molar-refractivity contribution in [2.45, 2.75) is 38.5 Å². The molecule has 1 aromatic carbocycles. The van der Waals surface area contributed by atoms with E-state index >= 15 is 0 Å². The molecule has 2 aromatic heterocycles. The molecule has 0 radical (unpaired) electrons. The zero-order valence-corrected chi connectivity index (χ0v) is 18.8. The molecule has 2 fully saturated rings. The highest BCUT2D eigenvalue weighted by atomic mass is 79.9. The molecule has 1 atom stereocenters. The van der Waals surface area contributed by atoms with Crippen molar-refractivity contribution in [2.24, 2.45) is 0 Å². The van der Waals surface area contributed by atoms with Crippen molar-refractivity contribution >= 4 is 49.9 Å². The van der Waals surface area contributed by atoms with E-state index in [0.717, 1.165) is 38.7 Å². The number of fused-ring (bicyclic) bond motifs is 3. The Morgan fingerprint density at radius 3 is 2.84 bits per heavy atom. The van der Waals surface area contributed by atoms with Crippen molar-refractivity contribution in [3.63, 3.8) is 0 Å². The van der Waals surface area contributed by atoms with Crippen LogP contribution in [0.1, 0.15) is 30.3 Å². The van der Waals surface area contributed by atoms with Crippen LogP contribution < -0.4 is 10.9 Å². The molecule has 0 spiro atoms. The molecule has 2 amide bonds. The first-order valence-electron chi connectivity index (χ1n) is 10.3. The Bertz CT molecular complexity index is 1310. The van der Waals surface area contributed by atoms with E-state index in [1.807, 2.05) is 19.1 Å². The molecule has 5 rings (SSSR count). The first-order chi connectivity index (χ1) is 15.3. The molecule has 1 saturated carbocycles. The lowest BCUT2D eigenvalue weighted by atomic mass is 10.1. The van der Waals surface area contributed by atoms with Gasteiger partial charge in [0, 0.05) is 22.4 Å². The SMILES string of the molecule is Cc1c(Br)ccc2c3oc(CNC(=O)C4CN(C(=O)O)CCO4)nc3c(=O)n(C3CC3)c12. The number of morpholine rings is 1. The Kier molecular flexibility index (Phi) is 5.17. The first kappa shape index (κ1) is 21.0. The van der Waals surface area contributed by atoms with Gasteiger partial charge in [0.05, 0.1) is 25.2 Å². The van der Waals surface area contributed by atoms with E-state index in [1.54, 1.807) is 4.57 Å². The number of carbonyl (C=O) groups is 2. The number of benzene rings is 1. The van der Waals surface area contributed by atoms with Gasteiger partial charge in [-0.3, -0.25) is 9.59 Å². The monoisotopic (exact) mass is 504 g/mol. The van der Waals surface area contributed by atoms with Gasteiger partial charge in [0.2, 0.25) is 5.89 Å². The topological polar surface area (TPSA) is 127 Å². The molecule has 1 unspecified atom stereocenters. The summed E-state index contributed by atoms with van der Waals surface area (Å²) in [7, 11) is 0. The van der Waals surface area contributed by atoms with Crippen LogP contribution in [0.3, 0.4) is 0 Å². The maximum absolute atomic E-state index is 13.2. The van der Waals surface area contributed by atoms with E-state index in [-0.39, 0.29) is 49.2 Å². The van der Waals surface area contributed by atoms with E-state index in [0.29, 0.717) is 5.58 Å². The molecule has 10 nitrogen and oxygen atoms in total. The summed E-state index contributed by atoms with van der Waals surface area (Å²) in [4.78, 5) is 42.4. The van der Waals surface area contributed by atoms with Crippen LogP contribution >= 0.6 is 15.9 Å². The fourth-order valence-corrected chi connectivity index (χ4v) is 4.41. The molecule has 32 heavy (non-hydrogen) atoms. The normalized spacial score (nSPS) is 18.9. The molecular weight excluding hydrogens is 484 g/mol. The Balaban J connectivity index is 1.45. The smallest absolute Gasteiger partial charge is 0.407 e. The third kappa shape index (κ3) is 3.55. The molecule has 11 heteroatoms. The van der Waals surface area contributed by atoms with Gasteiger partial charge in [-0.15, -0.1) is 0 Å². The highest BCUT2D eigenvalue weighted by Gasteiger charge is 2.31.